The third kappa shape index (κ3) is 4.49. The van der Waals surface area contributed by atoms with Gasteiger partial charge in [0.25, 0.3) is 0 Å². The van der Waals surface area contributed by atoms with Gasteiger partial charge in [0.1, 0.15) is 11.5 Å². The first kappa shape index (κ1) is 14.8. The minimum absolute atomic E-state index is 0.793. The molecule has 0 bridgehead atoms. The van der Waals surface area contributed by atoms with Gasteiger partial charge in [0.2, 0.25) is 0 Å². The molecule has 0 aliphatic carbocycles. The summed E-state index contributed by atoms with van der Waals surface area (Å²) in [7, 11) is 1.68. The van der Waals surface area contributed by atoms with Gasteiger partial charge < -0.3 is 9.47 Å². The van der Waals surface area contributed by atoms with E-state index in [-0.39, 0.29) is 0 Å². The Balaban J connectivity index is 1.92. The summed E-state index contributed by atoms with van der Waals surface area (Å²) in [6, 6.07) is 16.3. The van der Waals surface area contributed by atoms with Gasteiger partial charge >= 0.3 is 0 Å². The SMILES string of the molecule is CCCCOc1ccc(Sc2ccc(OC)cc2)cc1. The monoisotopic (exact) mass is 288 g/mol. The number of benzene rings is 2. The van der Waals surface area contributed by atoms with Crippen molar-refractivity contribution < 1.29 is 9.47 Å². The molecule has 0 saturated heterocycles. The Bertz CT molecular complexity index is 506. The number of hydrogen-bond acceptors (Lipinski definition) is 3. The summed E-state index contributed by atoms with van der Waals surface area (Å²) in [6.45, 7) is 2.96. The number of ether oxygens (including phenoxy) is 2. The van der Waals surface area contributed by atoms with Gasteiger partial charge in [-0.1, -0.05) is 25.1 Å². The fraction of sp³-hybridized carbons (Fsp3) is 0.294. The molecule has 0 radical (unpaired) electrons. The quantitative estimate of drug-likeness (QED) is 0.666. The van der Waals surface area contributed by atoms with E-state index in [1.165, 1.54) is 9.79 Å². The van der Waals surface area contributed by atoms with Crippen molar-refractivity contribution in [3.05, 3.63) is 48.5 Å². The molecule has 2 rings (SSSR count). The van der Waals surface area contributed by atoms with Crippen LogP contribution in [0.25, 0.3) is 0 Å². The summed E-state index contributed by atoms with van der Waals surface area (Å²) in [4.78, 5) is 2.41. The van der Waals surface area contributed by atoms with Crippen LogP contribution in [0, 0.1) is 0 Å². The molecule has 0 spiro atoms. The van der Waals surface area contributed by atoms with Crippen molar-refractivity contribution in [3.63, 3.8) is 0 Å². The van der Waals surface area contributed by atoms with E-state index in [0.717, 1.165) is 30.9 Å². The van der Waals surface area contributed by atoms with E-state index < -0.39 is 0 Å². The average Bonchev–Trinajstić information content (AvgIpc) is 2.50. The lowest BCUT2D eigenvalue weighted by atomic mass is 10.3. The Morgan fingerprint density at radius 2 is 1.40 bits per heavy atom. The maximum atomic E-state index is 5.66. The van der Waals surface area contributed by atoms with Crippen LogP contribution in [0.15, 0.2) is 58.3 Å². The van der Waals surface area contributed by atoms with Crippen molar-refractivity contribution in [3.8, 4) is 11.5 Å². The summed E-state index contributed by atoms with van der Waals surface area (Å²) in [5, 5.41) is 0. The zero-order valence-electron chi connectivity index (χ0n) is 12.0. The fourth-order valence-corrected chi connectivity index (χ4v) is 2.53. The van der Waals surface area contributed by atoms with Crippen LogP contribution in [0.4, 0.5) is 0 Å². The molecule has 0 unspecified atom stereocenters. The molecule has 0 aliphatic rings. The lowest BCUT2D eigenvalue weighted by Gasteiger charge is -2.07. The highest BCUT2D eigenvalue weighted by Crippen LogP contribution is 2.30. The molecule has 0 amide bonds. The lowest BCUT2D eigenvalue weighted by Crippen LogP contribution is -1.95. The molecule has 2 nitrogen and oxygen atoms in total. The summed E-state index contributed by atoms with van der Waals surface area (Å²) >= 11 is 1.73. The summed E-state index contributed by atoms with van der Waals surface area (Å²) in [5.74, 6) is 1.83. The molecule has 0 aliphatic heterocycles. The topological polar surface area (TPSA) is 18.5 Å². The predicted molar refractivity (Wildman–Crippen MR) is 84.0 cm³/mol. The second-order valence-electron chi connectivity index (χ2n) is 4.45. The summed E-state index contributed by atoms with van der Waals surface area (Å²) in [5.41, 5.74) is 0. The van der Waals surface area contributed by atoms with Crippen molar-refractivity contribution in [2.24, 2.45) is 0 Å². The Hall–Kier alpha value is -1.61. The lowest BCUT2D eigenvalue weighted by molar-refractivity contribution is 0.309. The predicted octanol–water partition coefficient (Wildman–Crippen LogP) is 5.03. The average molecular weight is 288 g/mol. The molecular weight excluding hydrogens is 268 g/mol. The first-order valence-electron chi connectivity index (χ1n) is 6.86. The standard InChI is InChI=1S/C17H20O2S/c1-3-4-13-19-15-7-11-17(12-8-15)20-16-9-5-14(18-2)6-10-16/h5-12H,3-4,13H2,1-2H3. The smallest absolute Gasteiger partial charge is 0.119 e. The fourth-order valence-electron chi connectivity index (χ4n) is 1.72. The molecule has 0 atom stereocenters. The Morgan fingerprint density at radius 1 is 0.850 bits per heavy atom. The molecule has 106 valence electrons. The van der Waals surface area contributed by atoms with Gasteiger partial charge in [0, 0.05) is 9.79 Å². The number of hydrogen-bond donors (Lipinski definition) is 0. The first-order valence-corrected chi connectivity index (χ1v) is 7.68. The molecule has 0 N–H and O–H groups in total. The minimum atomic E-state index is 0.793. The Labute approximate surface area is 125 Å². The van der Waals surface area contributed by atoms with Crippen LogP contribution in [0.3, 0.4) is 0 Å². The molecule has 2 aromatic carbocycles. The highest BCUT2D eigenvalue weighted by molar-refractivity contribution is 7.99. The second-order valence-corrected chi connectivity index (χ2v) is 5.60. The van der Waals surface area contributed by atoms with Crippen LogP contribution in [0.2, 0.25) is 0 Å². The zero-order valence-corrected chi connectivity index (χ0v) is 12.8. The van der Waals surface area contributed by atoms with Crippen molar-refractivity contribution >= 4 is 11.8 Å². The molecule has 0 saturated carbocycles. The Morgan fingerprint density at radius 3 is 1.90 bits per heavy atom. The van der Waals surface area contributed by atoms with E-state index in [1.54, 1.807) is 18.9 Å². The number of unbranched alkanes of at least 4 members (excludes halogenated alkanes) is 1. The van der Waals surface area contributed by atoms with Crippen molar-refractivity contribution in [1.82, 2.24) is 0 Å². The maximum absolute atomic E-state index is 5.66. The molecule has 20 heavy (non-hydrogen) atoms. The van der Waals surface area contributed by atoms with Crippen molar-refractivity contribution in [1.29, 1.82) is 0 Å². The molecule has 3 heteroatoms. The van der Waals surface area contributed by atoms with Gasteiger partial charge in [-0.3, -0.25) is 0 Å². The highest BCUT2D eigenvalue weighted by atomic mass is 32.2. The third-order valence-electron chi connectivity index (χ3n) is 2.89. The molecule has 0 fully saturated rings. The van der Waals surface area contributed by atoms with E-state index in [9.17, 15) is 0 Å². The van der Waals surface area contributed by atoms with Gasteiger partial charge in [-0.2, -0.15) is 0 Å². The normalized spacial score (nSPS) is 10.3. The second kappa shape index (κ2) is 7.85. The molecular formula is C17H20O2S. The third-order valence-corrected chi connectivity index (χ3v) is 3.90. The summed E-state index contributed by atoms with van der Waals surface area (Å²) in [6.07, 6.45) is 2.26. The van der Waals surface area contributed by atoms with Crippen LogP contribution in [0.5, 0.6) is 11.5 Å². The zero-order chi connectivity index (χ0) is 14.2. The van der Waals surface area contributed by atoms with Crippen LogP contribution >= 0.6 is 11.8 Å². The molecule has 2 aromatic rings. The number of rotatable bonds is 7. The van der Waals surface area contributed by atoms with Crippen molar-refractivity contribution in [2.45, 2.75) is 29.6 Å². The maximum Gasteiger partial charge on any atom is 0.119 e. The van der Waals surface area contributed by atoms with Gasteiger partial charge in [-0.15, -0.1) is 0 Å². The van der Waals surface area contributed by atoms with Gasteiger partial charge in [0.15, 0.2) is 0 Å². The van der Waals surface area contributed by atoms with Gasteiger partial charge in [-0.05, 0) is 55.0 Å². The van der Waals surface area contributed by atoms with Crippen LogP contribution < -0.4 is 9.47 Å². The number of methoxy groups -OCH3 is 1. The molecule has 0 aromatic heterocycles. The highest BCUT2D eigenvalue weighted by Gasteiger charge is 1.99. The van der Waals surface area contributed by atoms with Crippen LogP contribution in [-0.4, -0.2) is 13.7 Å². The van der Waals surface area contributed by atoms with Crippen molar-refractivity contribution in [2.75, 3.05) is 13.7 Å². The van der Waals surface area contributed by atoms with E-state index >= 15 is 0 Å². The van der Waals surface area contributed by atoms with Crippen LogP contribution in [0.1, 0.15) is 19.8 Å². The summed E-state index contributed by atoms with van der Waals surface area (Å²) < 4.78 is 10.8. The van der Waals surface area contributed by atoms with Crippen LogP contribution in [-0.2, 0) is 0 Å². The minimum Gasteiger partial charge on any atom is -0.497 e. The van der Waals surface area contributed by atoms with E-state index in [1.807, 2.05) is 24.3 Å². The Kier molecular flexibility index (Phi) is 5.81. The van der Waals surface area contributed by atoms with E-state index in [2.05, 4.69) is 31.2 Å². The molecule has 0 heterocycles. The van der Waals surface area contributed by atoms with E-state index in [4.69, 9.17) is 9.47 Å². The first-order chi connectivity index (χ1) is 9.81. The largest absolute Gasteiger partial charge is 0.497 e. The van der Waals surface area contributed by atoms with Gasteiger partial charge in [-0.25, -0.2) is 0 Å². The van der Waals surface area contributed by atoms with E-state index in [0.29, 0.717) is 0 Å². The van der Waals surface area contributed by atoms with Gasteiger partial charge in [0.05, 0.1) is 13.7 Å².